The molecule has 5 heteroatoms. The minimum atomic E-state index is -0.535. The number of carbonyl (C=O) groups excluding carboxylic acids is 2. The first-order valence-corrected chi connectivity index (χ1v) is 8.89. The highest BCUT2D eigenvalue weighted by molar-refractivity contribution is 6.36. The summed E-state index contributed by atoms with van der Waals surface area (Å²) in [5.74, 6) is 0.472. The van der Waals surface area contributed by atoms with Gasteiger partial charge in [0.15, 0.2) is 0 Å². The minimum Gasteiger partial charge on any atom is -0.422 e. The van der Waals surface area contributed by atoms with Crippen LogP contribution >= 0.6 is 11.6 Å². The van der Waals surface area contributed by atoms with Crippen LogP contribution in [0.1, 0.15) is 42.2 Å². The van der Waals surface area contributed by atoms with E-state index >= 15 is 0 Å². The molecule has 2 bridgehead atoms. The van der Waals surface area contributed by atoms with E-state index in [2.05, 4.69) is 13.2 Å². The maximum Gasteiger partial charge on any atom is 0.335 e. The standard InChI is InChI=1S/C21H17ClO4/c1-3-15(23)25-20-13-6-5-7-14(22)19(13)21(26-16(24)4-2)18-12-9-8-11(10-12)17(18)20/h3-7,11-12H,1-2,8-10H2. The van der Waals surface area contributed by atoms with E-state index in [4.69, 9.17) is 21.1 Å². The van der Waals surface area contributed by atoms with E-state index in [0.717, 1.165) is 42.5 Å². The lowest BCUT2D eigenvalue weighted by atomic mass is 9.87. The Kier molecular flexibility index (Phi) is 4.08. The summed E-state index contributed by atoms with van der Waals surface area (Å²) >= 11 is 6.46. The molecule has 0 radical (unpaired) electrons. The molecule has 4 nitrogen and oxygen atoms in total. The monoisotopic (exact) mass is 368 g/mol. The van der Waals surface area contributed by atoms with Gasteiger partial charge >= 0.3 is 11.9 Å². The van der Waals surface area contributed by atoms with Crippen LogP contribution in [0, 0.1) is 0 Å². The Hall–Kier alpha value is -2.59. The molecule has 2 aliphatic rings. The third kappa shape index (κ3) is 2.44. The summed E-state index contributed by atoms with van der Waals surface area (Å²) in [7, 11) is 0. The highest BCUT2D eigenvalue weighted by atomic mass is 35.5. The highest BCUT2D eigenvalue weighted by Gasteiger charge is 2.43. The molecular weight excluding hydrogens is 352 g/mol. The van der Waals surface area contributed by atoms with Crippen LogP contribution in [-0.4, -0.2) is 11.9 Å². The van der Waals surface area contributed by atoms with Gasteiger partial charge in [0.1, 0.15) is 11.5 Å². The van der Waals surface area contributed by atoms with Crippen molar-refractivity contribution in [2.75, 3.05) is 0 Å². The summed E-state index contributed by atoms with van der Waals surface area (Å²) in [5.41, 5.74) is 1.89. The Morgan fingerprint density at radius 2 is 1.58 bits per heavy atom. The summed E-state index contributed by atoms with van der Waals surface area (Å²) in [4.78, 5) is 23.9. The fraction of sp³-hybridized carbons (Fsp3) is 0.238. The number of esters is 2. The second-order valence-electron chi connectivity index (χ2n) is 6.61. The van der Waals surface area contributed by atoms with Crippen molar-refractivity contribution in [3.63, 3.8) is 0 Å². The lowest BCUT2D eigenvalue weighted by Crippen LogP contribution is -2.12. The molecule has 0 N–H and O–H groups in total. The summed E-state index contributed by atoms with van der Waals surface area (Å²) in [6.45, 7) is 6.96. The molecule has 1 fully saturated rings. The van der Waals surface area contributed by atoms with E-state index in [9.17, 15) is 9.59 Å². The average molecular weight is 369 g/mol. The van der Waals surface area contributed by atoms with Gasteiger partial charge in [-0.2, -0.15) is 0 Å². The summed E-state index contributed by atoms with van der Waals surface area (Å²) in [6, 6.07) is 5.34. The Balaban J connectivity index is 2.08. The summed E-state index contributed by atoms with van der Waals surface area (Å²) < 4.78 is 11.3. The van der Waals surface area contributed by atoms with E-state index in [-0.39, 0.29) is 11.8 Å². The number of hydrogen-bond acceptors (Lipinski definition) is 4. The lowest BCUT2D eigenvalue weighted by Gasteiger charge is -2.24. The highest BCUT2D eigenvalue weighted by Crippen LogP contribution is 2.61. The zero-order valence-electron chi connectivity index (χ0n) is 14.1. The molecule has 26 heavy (non-hydrogen) atoms. The number of carbonyl (C=O) groups is 2. The van der Waals surface area contributed by atoms with Crippen LogP contribution in [0.4, 0.5) is 0 Å². The molecule has 0 aromatic heterocycles. The van der Waals surface area contributed by atoms with Gasteiger partial charge in [0.25, 0.3) is 0 Å². The normalized spacial score (nSPS) is 19.9. The van der Waals surface area contributed by atoms with E-state index in [1.807, 2.05) is 6.07 Å². The van der Waals surface area contributed by atoms with Crippen LogP contribution in [0.2, 0.25) is 5.02 Å². The van der Waals surface area contributed by atoms with Crippen LogP contribution in [0.3, 0.4) is 0 Å². The maximum absolute atomic E-state index is 12.0. The van der Waals surface area contributed by atoms with Crippen molar-refractivity contribution in [1.82, 2.24) is 0 Å². The molecule has 4 rings (SSSR count). The Bertz CT molecular complexity index is 976. The number of ether oxygens (including phenoxy) is 2. The number of hydrogen-bond donors (Lipinski definition) is 0. The molecule has 2 atom stereocenters. The van der Waals surface area contributed by atoms with Gasteiger partial charge in [0, 0.05) is 34.1 Å². The van der Waals surface area contributed by atoms with E-state index in [1.54, 1.807) is 12.1 Å². The zero-order chi connectivity index (χ0) is 18.4. The maximum atomic E-state index is 12.0. The molecular formula is C21H17ClO4. The van der Waals surface area contributed by atoms with Crippen molar-refractivity contribution in [3.8, 4) is 11.5 Å². The van der Waals surface area contributed by atoms with E-state index in [0.29, 0.717) is 27.3 Å². The predicted molar refractivity (Wildman–Crippen MR) is 100.0 cm³/mol. The molecule has 0 spiro atoms. The lowest BCUT2D eigenvalue weighted by molar-refractivity contribution is -0.130. The van der Waals surface area contributed by atoms with Crippen molar-refractivity contribution in [2.24, 2.45) is 0 Å². The Labute approximate surface area is 156 Å². The van der Waals surface area contributed by atoms with Crippen LogP contribution in [0.25, 0.3) is 10.8 Å². The molecule has 0 amide bonds. The molecule has 2 aromatic rings. The minimum absolute atomic E-state index is 0.268. The van der Waals surface area contributed by atoms with Crippen LogP contribution in [-0.2, 0) is 9.59 Å². The Morgan fingerprint density at radius 3 is 2.19 bits per heavy atom. The summed E-state index contributed by atoms with van der Waals surface area (Å²) in [6.07, 6.45) is 5.27. The van der Waals surface area contributed by atoms with Gasteiger partial charge in [-0.25, -0.2) is 9.59 Å². The number of rotatable bonds is 4. The van der Waals surface area contributed by atoms with Gasteiger partial charge in [-0.1, -0.05) is 36.9 Å². The smallest absolute Gasteiger partial charge is 0.335 e. The van der Waals surface area contributed by atoms with Gasteiger partial charge in [-0.15, -0.1) is 0 Å². The van der Waals surface area contributed by atoms with E-state index in [1.165, 1.54) is 0 Å². The number of halogens is 1. The SMILES string of the molecule is C=CC(=O)Oc1c2c(c(OC(=O)C=C)c3c(Cl)cccc13)C1CCC2C1. The Morgan fingerprint density at radius 1 is 1.00 bits per heavy atom. The topological polar surface area (TPSA) is 52.6 Å². The van der Waals surface area contributed by atoms with Crippen molar-refractivity contribution >= 4 is 34.3 Å². The second-order valence-corrected chi connectivity index (χ2v) is 7.01. The van der Waals surface area contributed by atoms with Gasteiger partial charge < -0.3 is 9.47 Å². The first-order chi connectivity index (χ1) is 12.5. The van der Waals surface area contributed by atoms with Crippen molar-refractivity contribution < 1.29 is 19.1 Å². The molecule has 1 saturated carbocycles. The molecule has 2 aromatic carbocycles. The first-order valence-electron chi connectivity index (χ1n) is 8.51. The largest absolute Gasteiger partial charge is 0.422 e. The number of fused-ring (bicyclic) bond motifs is 6. The molecule has 0 aliphatic heterocycles. The fourth-order valence-corrected chi connectivity index (χ4v) is 4.55. The van der Waals surface area contributed by atoms with E-state index < -0.39 is 11.9 Å². The zero-order valence-corrected chi connectivity index (χ0v) is 14.8. The van der Waals surface area contributed by atoms with Crippen molar-refractivity contribution in [1.29, 1.82) is 0 Å². The van der Waals surface area contributed by atoms with Gasteiger partial charge in [0.05, 0.1) is 5.02 Å². The first kappa shape index (κ1) is 16.9. The second kappa shape index (κ2) is 6.29. The molecule has 132 valence electrons. The van der Waals surface area contributed by atoms with Crippen molar-refractivity contribution in [3.05, 3.63) is 59.7 Å². The number of benzene rings is 2. The molecule has 0 saturated heterocycles. The van der Waals surface area contributed by atoms with Gasteiger partial charge in [0.2, 0.25) is 0 Å². The predicted octanol–water partition coefficient (Wildman–Crippen LogP) is 5.04. The fourth-order valence-electron chi connectivity index (χ4n) is 4.29. The third-order valence-electron chi connectivity index (χ3n) is 5.25. The summed E-state index contributed by atoms with van der Waals surface area (Å²) in [5, 5.41) is 1.68. The quantitative estimate of drug-likeness (QED) is 0.431. The molecule has 0 heterocycles. The molecule has 2 aliphatic carbocycles. The molecule has 2 unspecified atom stereocenters. The van der Waals surface area contributed by atoms with Crippen molar-refractivity contribution in [2.45, 2.75) is 31.1 Å². The average Bonchev–Trinajstić information content (AvgIpc) is 3.25. The van der Waals surface area contributed by atoms with Crippen LogP contribution in [0.15, 0.2) is 43.5 Å². The van der Waals surface area contributed by atoms with Crippen LogP contribution in [0.5, 0.6) is 11.5 Å². The third-order valence-corrected chi connectivity index (χ3v) is 5.57. The van der Waals surface area contributed by atoms with Crippen LogP contribution < -0.4 is 9.47 Å². The van der Waals surface area contributed by atoms with Gasteiger partial charge in [-0.3, -0.25) is 0 Å². The van der Waals surface area contributed by atoms with Gasteiger partial charge in [-0.05, 0) is 37.2 Å².